The number of likely N-dealkylation sites (N-methyl/N-ethyl adjacent to an activating group) is 1. The normalized spacial score (nSPS) is 16.1. The molecule has 34 heavy (non-hydrogen) atoms. The van der Waals surface area contributed by atoms with Gasteiger partial charge in [0.1, 0.15) is 6.17 Å². The molecular formula is C24H21N5O4S. The molecule has 1 atom stereocenters. The van der Waals surface area contributed by atoms with Crippen LogP contribution in [0.4, 0.5) is 10.8 Å². The number of hydrogen-bond acceptors (Lipinski definition) is 6. The van der Waals surface area contributed by atoms with Crippen molar-refractivity contribution in [1.82, 2.24) is 15.2 Å². The highest BCUT2D eigenvalue weighted by atomic mass is 32.1. The standard InChI is InChI=1S/C24H21N5O4S/c1-25-20(31)12-14-13-34-24(26-14)27-19(30)10-11-28-21-15-6-2-3-7-16(15)23(33)29(21)18-9-5-4-8-17(18)22(28)32/h2-9,13,21H,10-12H2,1H3,(H,25,31)(H,26,27,30). The number of carbonyl (C=O) groups excluding carboxylic acids is 4. The Hall–Kier alpha value is -4.05. The first kappa shape index (κ1) is 21.8. The van der Waals surface area contributed by atoms with Crippen LogP contribution in [0.1, 0.15) is 44.6 Å². The molecule has 3 aromatic rings. The van der Waals surface area contributed by atoms with Gasteiger partial charge in [-0.3, -0.25) is 24.1 Å². The third-order valence-electron chi connectivity index (χ3n) is 5.88. The molecule has 5 rings (SSSR count). The molecule has 172 valence electrons. The molecule has 2 aliphatic heterocycles. The number of anilines is 2. The van der Waals surface area contributed by atoms with Crippen LogP contribution in [0.5, 0.6) is 0 Å². The number of thiazole rings is 1. The molecule has 0 saturated carbocycles. The van der Waals surface area contributed by atoms with E-state index in [2.05, 4.69) is 15.6 Å². The lowest BCUT2D eigenvalue weighted by Gasteiger charge is -2.40. The number of aromatic nitrogens is 1. The summed E-state index contributed by atoms with van der Waals surface area (Å²) < 4.78 is 0. The van der Waals surface area contributed by atoms with Gasteiger partial charge in [0.15, 0.2) is 5.13 Å². The van der Waals surface area contributed by atoms with Crippen molar-refractivity contribution in [3.05, 3.63) is 76.3 Å². The Balaban J connectivity index is 1.35. The van der Waals surface area contributed by atoms with Crippen molar-refractivity contribution in [2.24, 2.45) is 0 Å². The fourth-order valence-corrected chi connectivity index (χ4v) is 5.03. The summed E-state index contributed by atoms with van der Waals surface area (Å²) in [5, 5.41) is 7.37. The molecule has 0 fully saturated rings. The zero-order chi connectivity index (χ0) is 23.8. The quantitative estimate of drug-likeness (QED) is 0.569. The van der Waals surface area contributed by atoms with E-state index in [0.29, 0.717) is 27.6 Å². The third-order valence-corrected chi connectivity index (χ3v) is 6.69. The topological polar surface area (TPSA) is 112 Å². The second-order valence-electron chi connectivity index (χ2n) is 7.94. The summed E-state index contributed by atoms with van der Waals surface area (Å²) in [5.41, 5.74) is 2.87. The van der Waals surface area contributed by atoms with Gasteiger partial charge in [0.2, 0.25) is 11.8 Å². The fourth-order valence-electron chi connectivity index (χ4n) is 4.30. The van der Waals surface area contributed by atoms with E-state index < -0.39 is 6.17 Å². The summed E-state index contributed by atoms with van der Waals surface area (Å²) in [7, 11) is 1.55. The molecule has 2 aliphatic rings. The summed E-state index contributed by atoms with van der Waals surface area (Å²) >= 11 is 1.23. The molecule has 2 N–H and O–H groups in total. The molecular weight excluding hydrogens is 454 g/mol. The van der Waals surface area contributed by atoms with E-state index in [1.54, 1.807) is 58.6 Å². The van der Waals surface area contributed by atoms with Gasteiger partial charge in [-0.2, -0.15) is 0 Å². The van der Waals surface area contributed by atoms with Gasteiger partial charge in [-0.25, -0.2) is 4.98 Å². The number of benzene rings is 2. The molecule has 3 heterocycles. The third kappa shape index (κ3) is 3.71. The zero-order valence-electron chi connectivity index (χ0n) is 18.3. The fraction of sp³-hybridized carbons (Fsp3) is 0.208. The van der Waals surface area contributed by atoms with Crippen LogP contribution in [-0.4, -0.2) is 47.1 Å². The number of nitrogens with one attached hydrogen (secondary N) is 2. The minimum Gasteiger partial charge on any atom is -0.359 e. The molecule has 1 aromatic heterocycles. The lowest BCUT2D eigenvalue weighted by molar-refractivity contribution is -0.120. The molecule has 0 saturated heterocycles. The summed E-state index contributed by atoms with van der Waals surface area (Å²) in [4.78, 5) is 58.2. The predicted molar refractivity (Wildman–Crippen MR) is 127 cm³/mol. The maximum absolute atomic E-state index is 13.4. The van der Waals surface area contributed by atoms with Crippen molar-refractivity contribution >= 4 is 45.8 Å². The predicted octanol–water partition coefficient (Wildman–Crippen LogP) is 2.58. The highest BCUT2D eigenvalue weighted by Crippen LogP contribution is 2.45. The van der Waals surface area contributed by atoms with Crippen molar-refractivity contribution < 1.29 is 19.2 Å². The number of rotatable bonds is 6. The van der Waals surface area contributed by atoms with Crippen LogP contribution in [0.15, 0.2) is 53.9 Å². The first-order valence-electron chi connectivity index (χ1n) is 10.7. The molecule has 1 unspecified atom stereocenters. The van der Waals surface area contributed by atoms with Crippen molar-refractivity contribution in [3.63, 3.8) is 0 Å². The van der Waals surface area contributed by atoms with Crippen LogP contribution in [-0.2, 0) is 16.0 Å². The maximum atomic E-state index is 13.4. The molecule has 10 heteroatoms. The van der Waals surface area contributed by atoms with E-state index in [9.17, 15) is 19.2 Å². The summed E-state index contributed by atoms with van der Waals surface area (Å²) in [6, 6.07) is 14.3. The van der Waals surface area contributed by atoms with Crippen LogP contribution < -0.4 is 15.5 Å². The van der Waals surface area contributed by atoms with Gasteiger partial charge in [-0.1, -0.05) is 30.3 Å². The highest BCUT2D eigenvalue weighted by Gasteiger charge is 2.47. The van der Waals surface area contributed by atoms with Gasteiger partial charge < -0.3 is 15.5 Å². The van der Waals surface area contributed by atoms with E-state index in [1.807, 2.05) is 12.1 Å². The lowest BCUT2D eigenvalue weighted by atomic mass is 10.0. The van der Waals surface area contributed by atoms with Crippen molar-refractivity contribution in [3.8, 4) is 0 Å². The summed E-state index contributed by atoms with van der Waals surface area (Å²) in [5.74, 6) is -0.864. The first-order chi connectivity index (χ1) is 16.5. The Labute approximate surface area is 199 Å². The molecule has 0 bridgehead atoms. The second-order valence-corrected chi connectivity index (χ2v) is 8.80. The van der Waals surface area contributed by atoms with Crippen LogP contribution in [0.25, 0.3) is 0 Å². The Morgan fingerprint density at radius 1 is 1.00 bits per heavy atom. The molecule has 9 nitrogen and oxygen atoms in total. The average molecular weight is 476 g/mol. The van der Waals surface area contributed by atoms with E-state index >= 15 is 0 Å². The minimum absolute atomic E-state index is 0.0267. The minimum atomic E-state index is -0.599. The number of nitrogens with zero attached hydrogens (tertiary/aromatic N) is 3. The van der Waals surface area contributed by atoms with E-state index in [4.69, 9.17) is 0 Å². The molecule has 4 amide bonds. The van der Waals surface area contributed by atoms with Crippen LogP contribution in [0.3, 0.4) is 0 Å². The number of para-hydroxylation sites is 1. The van der Waals surface area contributed by atoms with E-state index in [-0.39, 0.29) is 43.0 Å². The number of hydrogen-bond donors (Lipinski definition) is 2. The monoisotopic (exact) mass is 475 g/mol. The van der Waals surface area contributed by atoms with Crippen molar-refractivity contribution in [2.75, 3.05) is 23.8 Å². The molecule has 2 aromatic carbocycles. The number of fused-ring (bicyclic) bond motifs is 5. The second kappa shape index (κ2) is 8.71. The molecule has 0 aliphatic carbocycles. The van der Waals surface area contributed by atoms with Crippen molar-refractivity contribution in [2.45, 2.75) is 19.0 Å². The summed E-state index contributed by atoms with van der Waals surface area (Å²) in [6.45, 7) is 0.123. The van der Waals surface area contributed by atoms with Crippen LogP contribution in [0.2, 0.25) is 0 Å². The lowest BCUT2D eigenvalue weighted by Crippen LogP contribution is -2.48. The zero-order valence-corrected chi connectivity index (χ0v) is 19.1. The smallest absolute Gasteiger partial charge is 0.260 e. The number of amides is 4. The van der Waals surface area contributed by atoms with Gasteiger partial charge in [0.25, 0.3) is 11.8 Å². The number of carbonyl (C=O) groups is 4. The van der Waals surface area contributed by atoms with Gasteiger partial charge in [0, 0.05) is 36.5 Å². The first-order valence-corrected chi connectivity index (χ1v) is 11.6. The largest absolute Gasteiger partial charge is 0.359 e. The Morgan fingerprint density at radius 3 is 2.53 bits per heavy atom. The van der Waals surface area contributed by atoms with E-state index in [1.165, 1.54) is 11.3 Å². The Morgan fingerprint density at radius 2 is 1.74 bits per heavy atom. The Kier molecular flexibility index (Phi) is 5.58. The Bertz CT molecular complexity index is 1320. The van der Waals surface area contributed by atoms with Crippen molar-refractivity contribution in [1.29, 1.82) is 0 Å². The van der Waals surface area contributed by atoms with Gasteiger partial charge in [-0.05, 0) is 18.2 Å². The van der Waals surface area contributed by atoms with Gasteiger partial charge in [-0.15, -0.1) is 11.3 Å². The summed E-state index contributed by atoms with van der Waals surface area (Å²) in [6.07, 6.45) is -0.438. The van der Waals surface area contributed by atoms with Gasteiger partial charge >= 0.3 is 0 Å². The molecule has 0 radical (unpaired) electrons. The van der Waals surface area contributed by atoms with Crippen LogP contribution >= 0.6 is 11.3 Å². The van der Waals surface area contributed by atoms with Crippen LogP contribution in [0, 0.1) is 0 Å². The van der Waals surface area contributed by atoms with E-state index in [0.717, 1.165) is 5.56 Å². The maximum Gasteiger partial charge on any atom is 0.260 e. The SMILES string of the molecule is CNC(=O)Cc1csc(NC(=O)CCN2C(=O)c3ccccc3N3C(=O)c4ccccc4C23)n1. The molecule has 0 spiro atoms. The highest BCUT2D eigenvalue weighted by molar-refractivity contribution is 7.13. The van der Waals surface area contributed by atoms with Gasteiger partial charge in [0.05, 0.1) is 23.4 Å². The average Bonchev–Trinajstić information content (AvgIpc) is 3.41.